The fourth-order valence-electron chi connectivity index (χ4n) is 3.23. The number of ether oxygens (including phenoxy) is 1. The zero-order chi connectivity index (χ0) is 17.9. The van der Waals surface area contributed by atoms with E-state index in [1.807, 2.05) is 25.7 Å². The van der Waals surface area contributed by atoms with E-state index in [1.54, 1.807) is 0 Å². The van der Waals surface area contributed by atoms with Gasteiger partial charge in [0.15, 0.2) is 0 Å². The third-order valence-electron chi connectivity index (χ3n) is 4.15. The molecule has 4 heteroatoms. The Hall–Kier alpha value is -1.71. The Morgan fingerprint density at radius 3 is 2.62 bits per heavy atom. The topological polar surface area (TPSA) is 41.6 Å². The molecule has 0 saturated heterocycles. The maximum Gasteiger partial charge on any atom is 0.410 e. The molecule has 1 unspecified atom stereocenters. The van der Waals surface area contributed by atoms with Gasteiger partial charge in [-0.2, -0.15) is 0 Å². The van der Waals surface area contributed by atoms with Crippen molar-refractivity contribution in [3.05, 3.63) is 29.3 Å². The van der Waals surface area contributed by atoms with Gasteiger partial charge in [-0.1, -0.05) is 26.0 Å². The monoisotopic (exact) mass is 332 g/mol. The number of carbonyl (C=O) groups is 1. The number of carbonyl (C=O) groups excluding carboxylic acids is 1. The third kappa shape index (κ3) is 5.15. The molecule has 0 aromatic heterocycles. The molecule has 0 aliphatic carbocycles. The maximum atomic E-state index is 12.4. The predicted octanol–water partition coefficient (Wildman–Crippen LogP) is 4.83. The highest BCUT2D eigenvalue weighted by Gasteiger charge is 2.27. The van der Waals surface area contributed by atoms with Crippen LogP contribution >= 0.6 is 0 Å². The van der Waals surface area contributed by atoms with Gasteiger partial charge in [-0.15, -0.1) is 0 Å². The smallest absolute Gasteiger partial charge is 0.410 e. The number of nitrogens with zero attached hydrogens (tertiary/aromatic N) is 1. The van der Waals surface area contributed by atoms with Gasteiger partial charge in [0.2, 0.25) is 0 Å². The minimum Gasteiger partial charge on any atom is -0.444 e. The van der Waals surface area contributed by atoms with E-state index >= 15 is 0 Å². The average molecular weight is 332 g/mol. The van der Waals surface area contributed by atoms with Crippen LogP contribution in [-0.4, -0.2) is 29.2 Å². The van der Waals surface area contributed by atoms with Crippen molar-refractivity contribution in [2.24, 2.45) is 5.92 Å². The van der Waals surface area contributed by atoms with Crippen LogP contribution in [0.1, 0.15) is 59.1 Å². The minimum atomic E-state index is -0.457. The van der Waals surface area contributed by atoms with E-state index in [0.29, 0.717) is 25.0 Å². The van der Waals surface area contributed by atoms with Crippen molar-refractivity contribution in [1.82, 2.24) is 4.90 Å². The van der Waals surface area contributed by atoms with E-state index in [-0.39, 0.29) is 6.09 Å². The largest absolute Gasteiger partial charge is 0.444 e. The molecule has 0 spiro atoms. The van der Waals surface area contributed by atoms with Crippen molar-refractivity contribution in [2.45, 2.75) is 72.6 Å². The summed E-state index contributed by atoms with van der Waals surface area (Å²) in [6.45, 7) is 13.7. The highest BCUT2D eigenvalue weighted by atomic mass is 16.6. The van der Waals surface area contributed by atoms with E-state index in [4.69, 9.17) is 4.74 Å². The van der Waals surface area contributed by atoms with Gasteiger partial charge in [0, 0.05) is 18.3 Å². The first-order valence-corrected chi connectivity index (χ1v) is 9.01. The van der Waals surface area contributed by atoms with E-state index in [9.17, 15) is 4.79 Å². The van der Waals surface area contributed by atoms with Gasteiger partial charge in [-0.3, -0.25) is 0 Å². The van der Waals surface area contributed by atoms with Crippen molar-refractivity contribution in [2.75, 3.05) is 11.9 Å². The van der Waals surface area contributed by atoms with Crippen LogP contribution in [0.4, 0.5) is 10.5 Å². The van der Waals surface area contributed by atoms with Gasteiger partial charge in [0.05, 0.1) is 6.54 Å². The molecule has 1 N–H and O–H groups in total. The zero-order valence-electron chi connectivity index (χ0n) is 16.0. The zero-order valence-corrected chi connectivity index (χ0v) is 16.0. The second-order valence-electron chi connectivity index (χ2n) is 8.27. The van der Waals surface area contributed by atoms with Crippen LogP contribution in [0.5, 0.6) is 0 Å². The highest BCUT2D eigenvalue weighted by molar-refractivity contribution is 5.70. The normalized spacial score (nSPS) is 15.9. The number of nitrogens with one attached hydrogen (secondary N) is 1. The Morgan fingerprint density at radius 1 is 1.29 bits per heavy atom. The lowest BCUT2D eigenvalue weighted by Crippen LogP contribution is -2.40. The lowest BCUT2D eigenvalue weighted by Gasteiger charge is -2.33. The fourth-order valence-corrected chi connectivity index (χ4v) is 3.23. The summed E-state index contributed by atoms with van der Waals surface area (Å²) in [5.41, 5.74) is 3.25. The van der Waals surface area contributed by atoms with Crippen molar-refractivity contribution in [3.63, 3.8) is 0 Å². The lowest BCUT2D eigenvalue weighted by atomic mass is 9.97. The number of fused-ring (bicyclic) bond motifs is 1. The summed E-state index contributed by atoms with van der Waals surface area (Å²) in [7, 11) is 0. The molecule has 0 fully saturated rings. The molecule has 0 bridgehead atoms. The van der Waals surface area contributed by atoms with Crippen molar-refractivity contribution >= 4 is 11.8 Å². The molecular weight excluding hydrogens is 300 g/mol. The van der Waals surface area contributed by atoms with Gasteiger partial charge in [-0.25, -0.2) is 4.79 Å². The molecule has 1 aromatic carbocycles. The first-order chi connectivity index (χ1) is 11.2. The predicted molar refractivity (Wildman–Crippen MR) is 99.3 cm³/mol. The molecule has 1 aliphatic rings. The lowest BCUT2D eigenvalue weighted by molar-refractivity contribution is 0.0224. The van der Waals surface area contributed by atoms with Crippen LogP contribution in [0.3, 0.4) is 0 Å². The summed E-state index contributed by atoms with van der Waals surface area (Å²) in [6.07, 6.45) is 1.78. The van der Waals surface area contributed by atoms with Crippen LogP contribution in [0.2, 0.25) is 0 Å². The maximum absolute atomic E-state index is 12.4. The van der Waals surface area contributed by atoms with Gasteiger partial charge in [0.25, 0.3) is 0 Å². The molecule has 2 rings (SSSR count). The first kappa shape index (κ1) is 18.6. The van der Waals surface area contributed by atoms with Crippen LogP contribution in [-0.2, 0) is 17.7 Å². The van der Waals surface area contributed by atoms with Crippen molar-refractivity contribution in [3.8, 4) is 0 Å². The van der Waals surface area contributed by atoms with Crippen LogP contribution in [0, 0.1) is 5.92 Å². The summed E-state index contributed by atoms with van der Waals surface area (Å²) in [4.78, 5) is 14.2. The number of amides is 1. The van der Waals surface area contributed by atoms with E-state index in [1.165, 1.54) is 11.1 Å². The Morgan fingerprint density at radius 2 is 2.00 bits per heavy atom. The second kappa shape index (κ2) is 7.45. The van der Waals surface area contributed by atoms with E-state index < -0.39 is 5.60 Å². The summed E-state index contributed by atoms with van der Waals surface area (Å²) < 4.78 is 5.53. The van der Waals surface area contributed by atoms with Gasteiger partial charge in [-0.05, 0) is 63.6 Å². The minimum absolute atomic E-state index is 0.224. The standard InChI is InChI=1S/C20H32N2O2/c1-14(2)12-15(3)21-18-9-7-8-16-10-11-22(13-17(16)18)19(23)24-20(4,5)6/h7-9,14-15,21H,10-13H2,1-6H3. The third-order valence-corrected chi connectivity index (χ3v) is 4.15. The van der Waals surface area contributed by atoms with Crippen molar-refractivity contribution < 1.29 is 9.53 Å². The van der Waals surface area contributed by atoms with Gasteiger partial charge in [0.1, 0.15) is 5.60 Å². The number of rotatable bonds is 4. The molecule has 0 saturated carbocycles. The summed E-state index contributed by atoms with van der Waals surface area (Å²) in [5.74, 6) is 0.658. The average Bonchev–Trinajstić information content (AvgIpc) is 2.44. The van der Waals surface area contributed by atoms with Crippen LogP contribution in [0.15, 0.2) is 18.2 Å². The Kier molecular flexibility index (Phi) is 5.79. The van der Waals surface area contributed by atoms with Gasteiger partial charge >= 0.3 is 6.09 Å². The molecule has 4 nitrogen and oxygen atoms in total. The Labute approximate surface area is 146 Å². The summed E-state index contributed by atoms with van der Waals surface area (Å²) in [6, 6.07) is 6.80. The molecule has 134 valence electrons. The van der Waals surface area contributed by atoms with Crippen LogP contribution < -0.4 is 5.32 Å². The number of hydrogen-bond donors (Lipinski definition) is 1. The summed E-state index contributed by atoms with van der Waals surface area (Å²) in [5, 5.41) is 3.63. The number of benzene rings is 1. The molecule has 24 heavy (non-hydrogen) atoms. The Balaban J connectivity index is 2.13. The molecule has 0 radical (unpaired) electrons. The first-order valence-electron chi connectivity index (χ1n) is 9.01. The molecular formula is C20H32N2O2. The number of anilines is 1. The quantitative estimate of drug-likeness (QED) is 0.859. The second-order valence-corrected chi connectivity index (χ2v) is 8.27. The summed E-state index contributed by atoms with van der Waals surface area (Å²) >= 11 is 0. The highest BCUT2D eigenvalue weighted by Crippen LogP contribution is 2.28. The van der Waals surface area contributed by atoms with E-state index in [2.05, 4.69) is 44.3 Å². The Bertz CT molecular complexity index is 575. The van der Waals surface area contributed by atoms with Gasteiger partial charge < -0.3 is 15.0 Å². The van der Waals surface area contributed by atoms with Crippen LogP contribution in [0.25, 0.3) is 0 Å². The molecule has 1 aromatic rings. The number of hydrogen-bond acceptors (Lipinski definition) is 3. The molecule has 1 heterocycles. The molecule has 1 amide bonds. The molecule has 1 aliphatic heterocycles. The van der Waals surface area contributed by atoms with Crippen molar-refractivity contribution in [1.29, 1.82) is 0 Å². The van der Waals surface area contributed by atoms with E-state index in [0.717, 1.165) is 18.5 Å². The fraction of sp³-hybridized carbons (Fsp3) is 0.650. The molecule has 1 atom stereocenters. The SMILES string of the molecule is CC(C)CC(C)Nc1cccc2c1CN(C(=O)OC(C)(C)C)CC2.